The molecule has 0 radical (unpaired) electrons. The first kappa shape index (κ1) is 12.4. The van der Waals surface area contributed by atoms with Gasteiger partial charge in [-0.2, -0.15) is 0 Å². The van der Waals surface area contributed by atoms with E-state index in [9.17, 15) is 4.39 Å². The van der Waals surface area contributed by atoms with E-state index in [1.807, 2.05) is 0 Å². The van der Waals surface area contributed by atoms with E-state index in [1.54, 1.807) is 12.1 Å². The summed E-state index contributed by atoms with van der Waals surface area (Å²) in [5.41, 5.74) is 0.702. The Bertz CT molecular complexity index is 341. The number of halogens is 3. The zero-order valence-corrected chi connectivity index (χ0v) is 11.4. The van der Waals surface area contributed by atoms with Gasteiger partial charge in [0.2, 0.25) is 0 Å². The SMILES string of the molecule is Fc1cccc(Cl)c1C(CBr)C1CCCC1. The van der Waals surface area contributed by atoms with Crippen molar-refractivity contribution >= 4 is 27.5 Å². The molecule has 16 heavy (non-hydrogen) atoms. The van der Waals surface area contributed by atoms with Gasteiger partial charge in [0.1, 0.15) is 5.82 Å². The standard InChI is InChI=1S/C13H15BrClF/c14-8-10(9-4-1-2-5-9)13-11(15)6-3-7-12(13)16/h3,6-7,9-10H,1-2,4-5,8H2. The summed E-state index contributed by atoms with van der Waals surface area (Å²) in [6.45, 7) is 0. The molecule has 1 aliphatic rings. The van der Waals surface area contributed by atoms with Gasteiger partial charge in [-0.25, -0.2) is 4.39 Å². The average molecular weight is 306 g/mol. The van der Waals surface area contributed by atoms with E-state index < -0.39 is 0 Å². The second-order valence-electron chi connectivity index (χ2n) is 4.44. The van der Waals surface area contributed by atoms with Crippen molar-refractivity contribution in [1.82, 2.24) is 0 Å². The smallest absolute Gasteiger partial charge is 0.128 e. The van der Waals surface area contributed by atoms with Gasteiger partial charge >= 0.3 is 0 Å². The monoisotopic (exact) mass is 304 g/mol. The second-order valence-corrected chi connectivity index (χ2v) is 5.50. The summed E-state index contributed by atoms with van der Waals surface area (Å²) in [6.07, 6.45) is 4.92. The summed E-state index contributed by atoms with van der Waals surface area (Å²) < 4.78 is 13.8. The van der Waals surface area contributed by atoms with Crippen molar-refractivity contribution < 1.29 is 4.39 Å². The fourth-order valence-corrected chi connectivity index (χ4v) is 3.82. The summed E-state index contributed by atoms with van der Waals surface area (Å²) in [5.74, 6) is 0.633. The molecule has 1 atom stereocenters. The predicted octanol–water partition coefficient (Wildman–Crippen LogP) is 5.15. The van der Waals surface area contributed by atoms with Crippen LogP contribution in [0, 0.1) is 11.7 Å². The Morgan fingerprint density at radius 1 is 1.38 bits per heavy atom. The van der Waals surface area contributed by atoms with Crippen molar-refractivity contribution in [2.24, 2.45) is 5.92 Å². The fraction of sp³-hybridized carbons (Fsp3) is 0.538. The molecule has 1 aliphatic carbocycles. The summed E-state index contributed by atoms with van der Waals surface area (Å²) in [6, 6.07) is 4.96. The molecule has 3 heteroatoms. The van der Waals surface area contributed by atoms with Gasteiger partial charge in [-0.3, -0.25) is 0 Å². The molecule has 1 fully saturated rings. The van der Waals surface area contributed by atoms with Gasteiger partial charge in [0.05, 0.1) is 0 Å². The number of hydrogen-bond donors (Lipinski definition) is 0. The number of rotatable bonds is 3. The lowest BCUT2D eigenvalue weighted by Crippen LogP contribution is -2.13. The third-order valence-corrected chi connectivity index (χ3v) is 4.53. The summed E-state index contributed by atoms with van der Waals surface area (Å²) in [4.78, 5) is 0. The van der Waals surface area contributed by atoms with Crippen LogP contribution in [0.25, 0.3) is 0 Å². The predicted molar refractivity (Wildman–Crippen MR) is 69.9 cm³/mol. The molecule has 0 saturated heterocycles. The van der Waals surface area contributed by atoms with E-state index in [-0.39, 0.29) is 11.7 Å². The van der Waals surface area contributed by atoms with Gasteiger partial charge < -0.3 is 0 Å². The molecule has 0 bridgehead atoms. The van der Waals surface area contributed by atoms with Crippen LogP contribution in [0.4, 0.5) is 4.39 Å². The normalized spacial score (nSPS) is 18.9. The maximum atomic E-state index is 13.8. The highest BCUT2D eigenvalue weighted by Crippen LogP contribution is 2.41. The topological polar surface area (TPSA) is 0 Å². The first-order valence-corrected chi connectivity index (χ1v) is 7.24. The Hall–Kier alpha value is -0.0800. The molecular weight excluding hydrogens is 290 g/mol. The van der Waals surface area contributed by atoms with Crippen LogP contribution in [-0.4, -0.2) is 5.33 Å². The van der Waals surface area contributed by atoms with E-state index in [4.69, 9.17) is 11.6 Å². The molecular formula is C13H15BrClF. The molecule has 0 aromatic heterocycles. The number of alkyl halides is 1. The van der Waals surface area contributed by atoms with Gasteiger partial charge in [-0.15, -0.1) is 0 Å². The fourth-order valence-electron chi connectivity index (χ4n) is 2.66. The molecule has 88 valence electrons. The van der Waals surface area contributed by atoms with E-state index >= 15 is 0 Å². The molecule has 0 spiro atoms. The zero-order chi connectivity index (χ0) is 11.5. The highest BCUT2D eigenvalue weighted by Gasteiger charge is 2.28. The third kappa shape index (κ3) is 2.43. The molecule has 2 rings (SSSR count). The van der Waals surface area contributed by atoms with E-state index in [0.717, 1.165) is 5.33 Å². The minimum Gasteiger partial charge on any atom is -0.207 e. The minimum atomic E-state index is -0.163. The zero-order valence-electron chi connectivity index (χ0n) is 9.06. The van der Waals surface area contributed by atoms with Crippen molar-refractivity contribution in [1.29, 1.82) is 0 Å². The molecule has 1 aromatic carbocycles. The lowest BCUT2D eigenvalue weighted by Gasteiger charge is -2.23. The molecule has 0 N–H and O–H groups in total. The van der Waals surface area contributed by atoms with Crippen LogP contribution in [0.1, 0.15) is 37.2 Å². The molecule has 0 amide bonds. The Balaban J connectivity index is 2.32. The number of benzene rings is 1. The summed E-state index contributed by atoms with van der Waals surface area (Å²) in [7, 11) is 0. The van der Waals surface area contributed by atoms with Crippen LogP contribution in [-0.2, 0) is 0 Å². The van der Waals surface area contributed by atoms with Crippen molar-refractivity contribution in [3.05, 3.63) is 34.6 Å². The van der Waals surface area contributed by atoms with Crippen molar-refractivity contribution in [2.75, 3.05) is 5.33 Å². The summed E-state index contributed by atoms with van der Waals surface area (Å²) in [5, 5.41) is 1.36. The van der Waals surface area contributed by atoms with Crippen molar-refractivity contribution in [2.45, 2.75) is 31.6 Å². The van der Waals surface area contributed by atoms with E-state index in [2.05, 4.69) is 15.9 Å². The maximum absolute atomic E-state index is 13.8. The Kier molecular flexibility index (Phi) is 4.26. The quantitative estimate of drug-likeness (QED) is 0.678. The Labute approximate surface area is 109 Å². The van der Waals surface area contributed by atoms with Gasteiger partial charge in [0, 0.05) is 21.8 Å². The molecule has 1 saturated carbocycles. The van der Waals surface area contributed by atoms with Gasteiger partial charge in [-0.05, 0) is 30.9 Å². The van der Waals surface area contributed by atoms with Crippen LogP contribution < -0.4 is 0 Å². The number of hydrogen-bond acceptors (Lipinski definition) is 0. The maximum Gasteiger partial charge on any atom is 0.128 e. The lowest BCUT2D eigenvalue weighted by molar-refractivity contribution is 0.450. The van der Waals surface area contributed by atoms with Crippen molar-refractivity contribution in [3.8, 4) is 0 Å². The van der Waals surface area contributed by atoms with Gasteiger partial charge in [0.15, 0.2) is 0 Å². The molecule has 0 heterocycles. The van der Waals surface area contributed by atoms with Gasteiger partial charge in [-0.1, -0.05) is 46.4 Å². The van der Waals surface area contributed by atoms with Crippen LogP contribution in [0.3, 0.4) is 0 Å². The van der Waals surface area contributed by atoms with Crippen molar-refractivity contribution in [3.63, 3.8) is 0 Å². The van der Waals surface area contributed by atoms with Gasteiger partial charge in [0.25, 0.3) is 0 Å². The highest BCUT2D eigenvalue weighted by atomic mass is 79.9. The van der Waals surface area contributed by atoms with E-state index in [1.165, 1.54) is 31.7 Å². The lowest BCUT2D eigenvalue weighted by atomic mass is 9.86. The molecule has 1 unspecified atom stereocenters. The largest absolute Gasteiger partial charge is 0.207 e. The molecule has 1 aromatic rings. The van der Waals surface area contributed by atoms with Crippen LogP contribution >= 0.6 is 27.5 Å². The minimum absolute atomic E-state index is 0.163. The molecule has 0 nitrogen and oxygen atoms in total. The second kappa shape index (κ2) is 5.50. The van der Waals surface area contributed by atoms with Crippen LogP contribution in [0.2, 0.25) is 5.02 Å². The third-order valence-electron chi connectivity index (χ3n) is 3.51. The Morgan fingerprint density at radius 2 is 2.06 bits per heavy atom. The van der Waals surface area contributed by atoms with Crippen LogP contribution in [0.5, 0.6) is 0 Å². The van der Waals surface area contributed by atoms with E-state index in [0.29, 0.717) is 16.5 Å². The first-order chi connectivity index (χ1) is 7.74. The average Bonchev–Trinajstić information content (AvgIpc) is 2.77. The molecule has 0 aliphatic heterocycles. The first-order valence-electron chi connectivity index (χ1n) is 5.74. The Morgan fingerprint density at radius 3 is 2.62 bits per heavy atom. The highest BCUT2D eigenvalue weighted by molar-refractivity contribution is 9.09. The van der Waals surface area contributed by atoms with Crippen LogP contribution in [0.15, 0.2) is 18.2 Å². The summed E-state index contributed by atoms with van der Waals surface area (Å²) >= 11 is 9.63.